The largest absolute Gasteiger partial charge is 0.507 e. The second-order valence-electron chi connectivity index (χ2n) is 7.84. The van der Waals surface area contributed by atoms with Crippen molar-refractivity contribution in [2.75, 3.05) is 25.2 Å². The Balaban J connectivity index is 1.35. The molecule has 0 radical (unpaired) electrons. The fourth-order valence-corrected chi connectivity index (χ4v) is 4.28. The zero-order chi connectivity index (χ0) is 20.7. The Bertz CT molecular complexity index is 1010. The summed E-state index contributed by atoms with van der Waals surface area (Å²) in [5.74, 6) is 0.702. The summed E-state index contributed by atoms with van der Waals surface area (Å²) in [6, 6.07) is 10.4. The van der Waals surface area contributed by atoms with Gasteiger partial charge in [0.05, 0.1) is 36.7 Å². The van der Waals surface area contributed by atoms with Gasteiger partial charge in [0.2, 0.25) is 0 Å². The molecule has 5 rings (SSSR count). The van der Waals surface area contributed by atoms with Crippen LogP contribution in [0, 0.1) is 0 Å². The van der Waals surface area contributed by atoms with Crippen LogP contribution in [-0.2, 0) is 4.74 Å². The monoisotopic (exact) mass is 410 g/mol. The first-order valence-electron chi connectivity index (χ1n) is 9.97. The van der Waals surface area contributed by atoms with Gasteiger partial charge in [0.25, 0.3) is 0 Å². The molecule has 3 N–H and O–H groups in total. The number of aromatic amines is 1. The van der Waals surface area contributed by atoms with Crippen LogP contribution < -0.4 is 10.2 Å². The first-order valence-corrected chi connectivity index (χ1v) is 9.97. The number of ether oxygens (including phenoxy) is 1. The fraction of sp³-hybridized carbons (Fsp3) is 0.381. The van der Waals surface area contributed by atoms with Gasteiger partial charge in [0, 0.05) is 30.4 Å². The molecule has 0 amide bonds. The summed E-state index contributed by atoms with van der Waals surface area (Å²) < 4.78 is 20.4. The number of morpholine rings is 1. The maximum absolute atomic E-state index is 14.9. The topological polar surface area (TPSA) is 99.2 Å². The van der Waals surface area contributed by atoms with Gasteiger partial charge in [-0.1, -0.05) is 6.07 Å². The molecule has 2 aromatic heterocycles. The van der Waals surface area contributed by atoms with E-state index < -0.39 is 6.17 Å². The Morgan fingerprint density at radius 3 is 2.80 bits per heavy atom. The summed E-state index contributed by atoms with van der Waals surface area (Å²) in [7, 11) is 1.85. The third-order valence-corrected chi connectivity index (χ3v) is 5.94. The van der Waals surface area contributed by atoms with Crippen molar-refractivity contribution < 1.29 is 14.2 Å². The lowest BCUT2D eigenvalue weighted by Crippen LogP contribution is -2.65. The zero-order valence-corrected chi connectivity index (χ0v) is 16.5. The number of phenols is 1. The predicted molar refractivity (Wildman–Crippen MR) is 110 cm³/mol. The van der Waals surface area contributed by atoms with Crippen molar-refractivity contribution in [3.05, 3.63) is 42.6 Å². The number of aromatic nitrogens is 4. The highest BCUT2D eigenvalue weighted by Crippen LogP contribution is 2.33. The van der Waals surface area contributed by atoms with E-state index in [1.807, 2.05) is 30.1 Å². The maximum Gasteiger partial charge on any atom is 0.151 e. The first kappa shape index (κ1) is 19.0. The summed E-state index contributed by atoms with van der Waals surface area (Å²) >= 11 is 0. The van der Waals surface area contributed by atoms with Crippen molar-refractivity contribution >= 4 is 5.82 Å². The average Bonchev–Trinajstić information content (AvgIpc) is 3.31. The minimum Gasteiger partial charge on any atom is -0.507 e. The highest BCUT2D eigenvalue weighted by molar-refractivity contribution is 5.73. The van der Waals surface area contributed by atoms with Gasteiger partial charge in [-0.15, -0.1) is 10.2 Å². The van der Waals surface area contributed by atoms with Gasteiger partial charge in [0.1, 0.15) is 11.9 Å². The number of anilines is 1. The lowest BCUT2D eigenvalue weighted by atomic mass is 9.90. The molecule has 8 nitrogen and oxygen atoms in total. The van der Waals surface area contributed by atoms with Crippen molar-refractivity contribution in [3.8, 4) is 28.3 Å². The summed E-state index contributed by atoms with van der Waals surface area (Å²) in [6.07, 6.45) is 1.26. The molecule has 2 saturated heterocycles. The average molecular weight is 410 g/mol. The Kier molecular flexibility index (Phi) is 4.84. The van der Waals surface area contributed by atoms with Crippen LogP contribution in [0.2, 0.25) is 0 Å². The van der Waals surface area contributed by atoms with Crippen molar-refractivity contribution in [2.45, 2.75) is 30.7 Å². The van der Waals surface area contributed by atoms with Crippen LogP contribution in [0.5, 0.6) is 5.75 Å². The Morgan fingerprint density at radius 2 is 2.07 bits per heavy atom. The van der Waals surface area contributed by atoms with Gasteiger partial charge in [-0.2, -0.15) is 5.10 Å². The van der Waals surface area contributed by atoms with Crippen LogP contribution >= 0.6 is 0 Å². The molecule has 9 heteroatoms. The number of nitrogens with zero attached hydrogens (tertiary/aromatic N) is 4. The molecule has 2 fully saturated rings. The molecule has 30 heavy (non-hydrogen) atoms. The van der Waals surface area contributed by atoms with Gasteiger partial charge >= 0.3 is 0 Å². The van der Waals surface area contributed by atoms with Crippen LogP contribution in [0.15, 0.2) is 42.6 Å². The van der Waals surface area contributed by atoms with Crippen LogP contribution in [-0.4, -0.2) is 70.1 Å². The molecule has 4 atom stereocenters. The van der Waals surface area contributed by atoms with E-state index in [1.165, 1.54) is 0 Å². The Morgan fingerprint density at radius 1 is 1.17 bits per heavy atom. The molecule has 2 aliphatic rings. The Labute approximate surface area is 173 Å². The molecule has 0 saturated carbocycles. The molecule has 3 aromatic rings. The van der Waals surface area contributed by atoms with Crippen LogP contribution in [0.1, 0.15) is 6.42 Å². The third kappa shape index (κ3) is 3.40. The smallest absolute Gasteiger partial charge is 0.151 e. The number of fused-ring (bicyclic) bond motifs is 2. The lowest BCUT2D eigenvalue weighted by Gasteiger charge is -2.45. The number of hydrogen-bond donors (Lipinski definition) is 3. The number of rotatable bonds is 4. The van der Waals surface area contributed by atoms with E-state index in [2.05, 4.69) is 25.7 Å². The molecular weight excluding hydrogens is 387 g/mol. The first-order chi connectivity index (χ1) is 14.6. The van der Waals surface area contributed by atoms with Gasteiger partial charge < -0.3 is 20.1 Å². The third-order valence-electron chi connectivity index (χ3n) is 5.94. The molecular formula is C21H23FN6O2. The SMILES string of the molecule is CN(c1ccc(-c2ccc(-c3ccn[nH]3)cc2O)nn1)[C@@H]1C[C@H]2COC[C@H](N2)[C@@H]1F. The van der Waals surface area contributed by atoms with E-state index in [1.54, 1.807) is 24.4 Å². The quantitative estimate of drug-likeness (QED) is 0.606. The lowest BCUT2D eigenvalue weighted by molar-refractivity contribution is -0.0175. The zero-order valence-electron chi connectivity index (χ0n) is 16.5. The Hall–Kier alpha value is -3.04. The highest BCUT2D eigenvalue weighted by atomic mass is 19.1. The van der Waals surface area contributed by atoms with Gasteiger partial charge in [-0.3, -0.25) is 5.10 Å². The van der Waals surface area contributed by atoms with E-state index in [-0.39, 0.29) is 23.9 Å². The van der Waals surface area contributed by atoms with Crippen LogP contribution in [0.25, 0.3) is 22.5 Å². The number of H-pyrrole nitrogens is 1. The summed E-state index contributed by atoms with van der Waals surface area (Å²) in [4.78, 5) is 1.86. The van der Waals surface area contributed by atoms with Crippen molar-refractivity contribution in [1.82, 2.24) is 25.7 Å². The number of alkyl halides is 1. The molecule has 0 aliphatic carbocycles. The fourth-order valence-electron chi connectivity index (χ4n) is 4.28. The number of aromatic hydroxyl groups is 1. The number of piperidine rings is 1. The summed E-state index contributed by atoms with van der Waals surface area (Å²) in [5.41, 5.74) is 2.77. The molecule has 156 valence electrons. The van der Waals surface area contributed by atoms with E-state index in [9.17, 15) is 9.50 Å². The standard InChI is InChI=1S/C21H23FN6O2/c1-28(18-9-13-10-30-11-17(24-13)21(18)22)20-5-4-16(26-27-20)14-3-2-12(8-19(14)29)15-6-7-23-25-15/h2-8,13,17-18,21,24,29H,9-11H2,1H3,(H,23,25)/t13-,17-,18+,21-/m0/s1. The van der Waals surface area contributed by atoms with Gasteiger partial charge in [-0.05, 0) is 36.8 Å². The van der Waals surface area contributed by atoms with Gasteiger partial charge in [0.15, 0.2) is 5.82 Å². The molecule has 2 aliphatic heterocycles. The minimum atomic E-state index is -1.05. The van der Waals surface area contributed by atoms with E-state index >= 15 is 0 Å². The molecule has 4 heterocycles. The van der Waals surface area contributed by atoms with Crippen molar-refractivity contribution in [1.29, 1.82) is 0 Å². The van der Waals surface area contributed by atoms with E-state index in [4.69, 9.17) is 4.74 Å². The summed E-state index contributed by atoms with van der Waals surface area (Å²) in [5, 5.41) is 29.1. The number of benzene rings is 1. The number of phenolic OH excluding ortho intramolecular Hbond substituents is 1. The summed E-state index contributed by atoms with van der Waals surface area (Å²) in [6.45, 7) is 0.992. The molecule has 1 aromatic carbocycles. The van der Waals surface area contributed by atoms with Gasteiger partial charge in [-0.25, -0.2) is 4.39 Å². The molecule has 0 spiro atoms. The maximum atomic E-state index is 14.9. The molecule has 2 bridgehead atoms. The highest BCUT2D eigenvalue weighted by Gasteiger charge is 2.42. The molecule has 0 unspecified atom stereocenters. The van der Waals surface area contributed by atoms with E-state index in [0.29, 0.717) is 36.7 Å². The van der Waals surface area contributed by atoms with Crippen molar-refractivity contribution in [3.63, 3.8) is 0 Å². The minimum absolute atomic E-state index is 0.104. The predicted octanol–water partition coefficient (Wildman–Crippen LogP) is 2.14. The van der Waals surface area contributed by atoms with Crippen LogP contribution in [0.4, 0.5) is 10.2 Å². The second kappa shape index (κ2) is 7.66. The van der Waals surface area contributed by atoms with Crippen molar-refractivity contribution in [2.24, 2.45) is 0 Å². The van der Waals surface area contributed by atoms with Crippen LogP contribution in [0.3, 0.4) is 0 Å². The number of nitrogens with one attached hydrogen (secondary N) is 2. The number of halogens is 1. The normalized spacial score (nSPS) is 25.8. The van der Waals surface area contributed by atoms with E-state index in [0.717, 1.165) is 11.3 Å². The number of hydrogen-bond acceptors (Lipinski definition) is 7. The second-order valence-corrected chi connectivity index (χ2v) is 7.84.